The molecule has 0 aliphatic heterocycles. The fraction of sp³-hybridized carbons (Fsp3) is 0.125. The summed E-state index contributed by atoms with van der Waals surface area (Å²) in [7, 11) is 0. The Morgan fingerprint density at radius 2 is 1.85 bits per heavy atom. The van der Waals surface area contributed by atoms with Crippen LogP contribution in [0.1, 0.15) is 27.2 Å². The van der Waals surface area contributed by atoms with Gasteiger partial charge in [0, 0.05) is 11.6 Å². The van der Waals surface area contributed by atoms with Gasteiger partial charge in [-0.2, -0.15) is 14.9 Å². The molecular formula is C24H20FN7O. The molecule has 0 bridgehead atoms. The van der Waals surface area contributed by atoms with Gasteiger partial charge in [-0.1, -0.05) is 23.8 Å². The van der Waals surface area contributed by atoms with Crippen molar-refractivity contribution in [2.24, 2.45) is 0 Å². The number of aromatic nitrogens is 6. The van der Waals surface area contributed by atoms with Gasteiger partial charge < -0.3 is 5.32 Å². The van der Waals surface area contributed by atoms with E-state index in [1.165, 1.54) is 29.2 Å². The molecule has 2 aromatic carbocycles. The molecule has 1 amide bonds. The normalized spacial score (nSPS) is 11.2. The number of rotatable bonds is 4. The zero-order valence-electron chi connectivity index (χ0n) is 18.2. The summed E-state index contributed by atoms with van der Waals surface area (Å²) in [5.74, 6) is -0.0599. The Morgan fingerprint density at radius 3 is 2.64 bits per heavy atom. The van der Waals surface area contributed by atoms with E-state index < -0.39 is 11.7 Å². The van der Waals surface area contributed by atoms with Crippen LogP contribution in [0.25, 0.3) is 22.5 Å². The molecule has 5 aromatic rings. The van der Waals surface area contributed by atoms with Gasteiger partial charge in [0.05, 0.1) is 23.0 Å². The van der Waals surface area contributed by atoms with Crippen LogP contribution in [0.15, 0.2) is 61.1 Å². The molecule has 0 atom stereocenters. The van der Waals surface area contributed by atoms with E-state index in [-0.39, 0.29) is 5.56 Å². The number of amides is 1. The molecule has 3 aromatic heterocycles. The van der Waals surface area contributed by atoms with E-state index in [9.17, 15) is 9.18 Å². The molecule has 0 fully saturated rings. The number of carbonyl (C=O) groups is 1. The van der Waals surface area contributed by atoms with Gasteiger partial charge in [-0.05, 0) is 50.6 Å². The molecule has 8 nitrogen and oxygen atoms in total. The predicted molar refractivity (Wildman–Crippen MR) is 122 cm³/mol. The van der Waals surface area contributed by atoms with Crippen molar-refractivity contribution in [1.29, 1.82) is 0 Å². The van der Waals surface area contributed by atoms with E-state index in [0.717, 1.165) is 16.8 Å². The molecule has 9 heteroatoms. The molecule has 33 heavy (non-hydrogen) atoms. The Kier molecular flexibility index (Phi) is 4.93. The van der Waals surface area contributed by atoms with Crippen molar-refractivity contribution in [3.05, 3.63) is 89.3 Å². The Morgan fingerprint density at radius 1 is 1.00 bits per heavy atom. The number of benzene rings is 2. The third-order valence-corrected chi connectivity index (χ3v) is 5.29. The second-order valence-electron chi connectivity index (χ2n) is 7.83. The number of fused-ring (bicyclic) bond motifs is 1. The van der Waals surface area contributed by atoms with Crippen molar-refractivity contribution in [2.45, 2.75) is 20.8 Å². The molecule has 0 saturated heterocycles. The molecule has 0 saturated carbocycles. The number of nitrogens with one attached hydrogen (secondary N) is 1. The molecule has 0 spiro atoms. The van der Waals surface area contributed by atoms with Gasteiger partial charge in [0.15, 0.2) is 11.5 Å². The maximum absolute atomic E-state index is 13.6. The van der Waals surface area contributed by atoms with Gasteiger partial charge in [-0.25, -0.2) is 19.0 Å². The Labute approximate surface area is 188 Å². The van der Waals surface area contributed by atoms with E-state index in [1.54, 1.807) is 23.0 Å². The zero-order valence-corrected chi connectivity index (χ0v) is 18.2. The van der Waals surface area contributed by atoms with Crippen molar-refractivity contribution in [2.75, 3.05) is 5.32 Å². The van der Waals surface area contributed by atoms with Crippen LogP contribution in [0.4, 0.5) is 10.2 Å². The zero-order chi connectivity index (χ0) is 23.1. The summed E-state index contributed by atoms with van der Waals surface area (Å²) in [6.45, 7) is 5.87. The topological polar surface area (TPSA) is 90.5 Å². The summed E-state index contributed by atoms with van der Waals surface area (Å²) >= 11 is 0. The first-order valence-electron chi connectivity index (χ1n) is 10.3. The van der Waals surface area contributed by atoms with Crippen molar-refractivity contribution < 1.29 is 9.18 Å². The van der Waals surface area contributed by atoms with E-state index in [1.807, 2.05) is 32.9 Å². The highest BCUT2D eigenvalue weighted by Gasteiger charge is 2.18. The van der Waals surface area contributed by atoms with Crippen molar-refractivity contribution >= 4 is 22.8 Å². The molecule has 0 aliphatic carbocycles. The monoisotopic (exact) mass is 441 g/mol. The molecule has 5 rings (SSSR count). The lowest BCUT2D eigenvalue weighted by atomic mass is 10.1. The molecule has 164 valence electrons. The number of aryl methyl sites for hydroxylation is 3. The molecule has 0 aliphatic rings. The predicted octanol–water partition coefficient (Wildman–Crippen LogP) is 4.32. The average Bonchev–Trinajstić information content (AvgIpc) is 3.37. The Balaban J connectivity index is 1.58. The lowest BCUT2D eigenvalue weighted by Crippen LogP contribution is -2.16. The summed E-state index contributed by atoms with van der Waals surface area (Å²) in [6.07, 6.45) is 3.12. The SMILES string of the molecule is Cc1ccc(-n2ncc3c(-n4nc(C)cc4NC(=O)c4cccc(F)c4)ncnc32)c(C)c1. The lowest BCUT2D eigenvalue weighted by molar-refractivity contribution is 0.102. The van der Waals surface area contributed by atoms with Gasteiger partial charge >= 0.3 is 0 Å². The van der Waals surface area contributed by atoms with Crippen LogP contribution in [0.2, 0.25) is 0 Å². The standard InChI is InChI=1S/C24H20FN7O/c1-14-7-8-20(15(2)9-14)31-22-19(12-28-31)23(27-13-26-22)32-21(10-16(3)30-32)29-24(33)17-5-4-6-18(25)11-17/h4-13H,1-3H3,(H,29,33). The number of halogens is 1. The number of nitrogens with zero attached hydrogens (tertiary/aromatic N) is 6. The molecular weight excluding hydrogens is 421 g/mol. The van der Waals surface area contributed by atoms with Crippen molar-refractivity contribution in [3.63, 3.8) is 0 Å². The highest BCUT2D eigenvalue weighted by atomic mass is 19.1. The summed E-state index contributed by atoms with van der Waals surface area (Å²) in [6, 6.07) is 13.3. The first-order valence-corrected chi connectivity index (χ1v) is 10.3. The minimum atomic E-state index is -0.483. The largest absolute Gasteiger partial charge is 0.306 e. The third-order valence-electron chi connectivity index (χ3n) is 5.29. The number of hydrogen-bond donors (Lipinski definition) is 1. The van der Waals surface area contributed by atoms with Crippen LogP contribution in [0, 0.1) is 26.6 Å². The minimum Gasteiger partial charge on any atom is -0.306 e. The van der Waals surface area contributed by atoms with Gasteiger partial charge in [-0.15, -0.1) is 0 Å². The van der Waals surface area contributed by atoms with Crippen LogP contribution in [0.3, 0.4) is 0 Å². The van der Waals surface area contributed by atoms with Crippen LogP contribution in [-0.4, -0.2) is 35.4 Å². The van der Waals surface area contributed by atoms with E-state index in [2.05, 4.69) is 31.5 Å². The van der Waals surface area contributed by atoms with Crippen molar-refractivity contribution in [3.8, 4) is 11.5 Å². The Hall–Kier alpha value is -4.40. The van der Waals surface area contributed by atoms with E-state index >= 15 is 0 Å². The molecule has 3 heterocycles. The summed E-state index contributed by atoms with van der Waals surface area (Å²) in [5, 5.41) is 12.5. The fourth-order valence-electron chi connectivity index (χ4n) is 3.79. The van der Waals surface area contributed by atoms with Crippen LogP contribution >= 0.6 is 0 Å². The third kappa shape index (κ3) is 3.73. The first-order chi connectivity index (χ1) is 15.9. The van der Waals surface area contributed by atoms with Gasteiger partial charge in [-0.3, -0.25) is 4.79 Å². The summed E-state index contributed by atoms with van der Waals surface area (Å²) in [4.78, 5) is 21.6. The highest BCUT2D eigenvalue weighted by molar-refractivity contribution is 6.04. The second-order valence-corrected chi connectivity index (χ2v) is 7.83. The number of anilines is 1. The second kappa shape index (κ2) is 7.94. The average molecular weight is 441 g/mol. The van der Waals surface area contributed by atoms with Gasteiger partial charge in [0.25, 0.3) is 5.91 Å². The highest BCUT2D eigenvalue weighted by Crippen LogP contribution is 2.25. The number of hydrogen-bond acceptors (Lipinski definition) is 5. The van der Waals surface area contributed by atoms with Crippen LogP contribution < -0.4 is 5.32 Å². The van der Waals surface area contributed by atoms with Gasteiger partial charge in [0.1, 0.15) is 18.0 Å². The van der Waals surface area contributed by atoms with E-state index in [0.29, 0.717) is 28.4 Å². The summed E-state index contributed by atoms with van der Waals surface area (Å²) < 4.78 is 16.9. The van der Waals surface area contributed by atoms with Crippen LogP contribution in [-0.2, 0) is 0 Å². The molecule has 1 N–H and O–H groups in total. The quantitative estimate of drug-likeness (QED) is 0.449. The molecule has 0 radical (unpaired) electrons. The van der Waals surface area contributed by atoms with E-state index in [4.69, 9.17) is 0 Å². The maximum Gasteiger partial charge on any atom is 0.256 e. The first kappa shape index (κ1) is 20.5. The summed E-state index contributed by atoms with van der Waals surface area (Å²) in [5.41, 5.74) is 4.64. The van der Waals surface area contributed by atoms with Gasteiger partial charge in [0.2, 0.25) is 0 Å². The lowest BCUT2D eigenvalue weighted by Gasteiger charge is -2.10. The van der Waals surface area contributed by atoms with Crippen molar-refractivity contribution in [1.82, 2.24) is 29.5 Å². The maximum atomic E-state index is 13.6. The fourth-order valence-corrected chi connectivity index (χ4v) is 3.79. The number of carbonyl (C=O) groups excluding carboxylic acids is 1. The Bertz CT molecular complexity index is 1520. The van der Waals surface area contributed by atoms with Crippen LogP contribution in [0.5, 0.6) is 0 Å². The smallest absolute Gasteiger partial charge is 0.256 e. The minimum absolute atomic E-state index is 0.205. The molecule has 0 unspecified atom stereocenters.